The number of aliphatic imine (C=N–C) groups is 1. The molecule has 0 aliphatic carbocycles. The summed E-state index contributed by atoms with van der Waals surface area (Å²) in [6, 6.07) is 3.78. The Labute approximate surface area is 141 Å². The van der Waals surface area contributed by atoms with Crippen LogP contribution in [0.25, 0.3) is 0 Å². The summed E-state index contributed by atoms with van der Waals surface area (Å²) in [6.45, 7) is 3.74. The van der Waals surface area contributed by atoms with Crippen molar-refractivity contribution in [3.8, 4) is 0 Å². The fourth-order valence-electron chi connectivity index (χ4n) is 1.81. The smallest absolute Gasteiger partial charge is 0.342 e. The van der Waals surface area contributed by atoms with Gasteiger partial charge in [0.1, 0.15) is 21.1 Å². The lowest BCUT2D eigenvalue weighted by atomic mass is 10.1. The van der Waals surface area contributed by atoms with Crippen LogP contribution in [-0.2, 0) is 9.47 Å². The van der Waals surface area contributed by atoms with Crippen LogP contribution in [0.5, 0.6) is 0 Å². The highest BCUT2D eigenvalue weighted by Crippen LogP contribution is 2.38. The molecule has 2 aromatic rings. The summed E-state index contributed by atoms with van der Waals surface area (Å²) in [5.41, 5.74) is 5.97. The van der Waals surface area contributed by atoms with Crippen molar-refractivity contribution in [3.05, 3.63) is 33.5 Å². The van der Waals surface area contributed by atoms with Crippen molar-refractivity contribution in [2.75, 3.05) is 18.9 Å². The molecule has 0 radical (unpaired) electrons. The highest BCUT2D eigenvalue weighted by molar-refractivity contribution is 7.20. The van der Waals surface area contributed by atoms with E-state index in [1.54, 1.807) is 20.1 Å². The molecule has 0 saturated heterocycles. The zero-order chi connectivity index (χ0) is 16.8. The van der Waals surface area contributed by atoms with Crippen molar-refractivity contribution in [2.24, 2.45) is 4.99 Å². The predicted molar refractivity (Wildman–Crippen MR) is 92.2 cm³/mol. The molecular formula is C15H16N2O4S2. The normalized spacial score (nSPS) is 10.9. The number of hydrogen-bond acceptors (Lipinski definition) is 8. The first-order valence-corrected chi connectivity index (χ1v) is 8.62. The van der Waals surface area contributed by atoms with Gasteiger partial charge in [-0.3, -0.25) is 0 Å². The van der Waals surface area contributed by atoms with Gasteiger partial charge in [0.25, 0.3) is 0 Å². The zero-order valence-electron chi connectivity index (χ0n) is 12.7. The second-order valence-electron chi connectivity index (χ2n) is 4.24. The lowest BCUT2D eigenvalue weighted by Gasteiger charge is -2.05. The Kier molecular flexibility index (Phi) is 5.89. The van der Waals surface area contributed by atoms with Gasteiger partial charge in [0, 0.05) is 11.1 Å². The van der Waals surface area contributed by atoms with E-state index in [1.807, 2.05) is 17.5 Å². The Bertz CT molecular complexity index is 720. The first kappa shape index (κ1) is 17.2. The molecule has 0 bridgehead atoms. The first-order chi connectivity index (χ1) is 11.1. The zero-order valence-corrected chi connectivity index (χ0v) is 14.3. The van der Waals surface area contributed by atoms with Crippen LogP contribution < -0.4 is 5.73 Å². The number of esters is 2. The fourth-order valence-corrected chi connectivity index (χ4v) is 3.29. The number of nitrogens with zero attached hydrogens (tertiary/aromatic N) is 1. The quantitative estimate of drug-likeness (QED) is 0.635. The van der Waals surface area contributed by atoms with E-state index in [2.05, 4.69) is 4.99 Å². The van der Waals surface area contributed by atoms with E-state index < -0.39 is 11.9 Å². The third kappa shape index (κ3) is 3.96. The van der Waals surface area contributed by atoms with Crippen LogP contribution in [0.15, 0.2) is 22.5 Å². The molecule has 0 aliphatic rings. The third-order valence-electron chi connectivity index (χ3n) is 2.73. The molecule has 6 nitrogen and oxygen atoms in total. The minimum absolute atomic E-state index is 0.0219. The van der Waals surface area contributed by atoms with Gasteiger partial charge in [-0.1, -0.05) is 17.4 Å². The highest BCUT2D eigenvalue weighted by atomic mass is 32.1. The van der Waals surface area contributed by atoms with Crippen molar-refractivity contribution in [2.45, 2.75) is 13.8 Å². The van der Waals surface area contributed by atoms with Gasteiger partial charge in [0.2, 0.25) is 0 Å². The molecule has 0 amide bonds. The second-order valence-corrected chi connectivity index (χ2v) is 6.25. The lowest BCUT2D eigenvalue weighted by molar-refractivity contribution is 0.0481. The molecule has 0 fully saturated rings. The number of hydrogen-bond donors (Lipinski definition) is 1. The molecule has 122 valence electrons. The molecule has 0 atom stereocenters. The molecule has 8 heteroatoms. The van der Waals surface area contributed by atoms with Gasteiger partial charge in [-0.15, -0.1) is 11.3 Å². The second kappa shape index (κ2) is 7.89. The number of rotatable bonds is 6. The number of carbonyl (C=O) groups excluding carboxylic acids is 2. The predicted octanol–water partition coefficient (Wildman–Crippen LogP) is 3.50. The molecule has 0 spiro atoms. The Hall–Kier alpha value is -2.19. The van der Waals surface area contributed by atoms with E-state index in [9.17, 15) is 9.59 Å². The molecule has 2 heterocycles. The van der Waals surface area contributed by atoms with Gasteiger partial charge < -0.3 is 15.2 Å². The van der Waals surface area contributed by atoms with Gasteiger partial charge in [0.05, 0.1) is 13.2 Å². The number of thiophene rings is 2. The van der Waals surface area contributed by atoms with E-state index in [0.29, 0.717) is 5.00 Å². The summed E-state index contributed by atoms with van der Waals surface area (Å²) in [6.07, 6.45) is 1.62. The molecule has 0 unspecified atom stereocenters. The summed E-state index contributed by atoms with van der Waals surface area (Å²) in [7, 11) is 0. The summed E-state index contributed by atoms with van der Waals surface area (Å²) >= 11 is 2.56. The Balaban J connectivity index is 2.46. The standard InChI is InChI=1S/C15H16N2O4S2/c1-3-20-14(18)10-11(15(19)21-4-2)13(23-12(10)16)17-8-9-6-5-7-22-9/h5-8H,3-4,16H2,1-2H3. The minimum atomic E-state index is -0.651. The largest absolute Gasteiger partial charge is 0.462 e. The van der Waals surface area contributed by atoms with Crippen LogP contribution in [-0.4, -0.2) is 31.4 Å². The SMILES string of the molecule is CCOC(=O)c1c(N)sc(N=Cc2cccs2)c1C(=O)OCC. The number of nitrogen functional groups attached to an aromatic ring is 1. The maximum Gasteiger partial charge on any atom is 0.342 e. The summed E-state index contributed by atoms with van der Waals surface area (Å²) in [5.74, 6) is -1.29. The van der Waals surface area contributed by atoms with Crippen LogP contribution in [0.3, 0.4) is 0 Å². The van der Waals surface area contributed by atoms with Crippen LogP contribution in [0.1, 0.15) is 39.4 Å². The Morgan fingerprint density at radius 2 is 1.87 bits per heavy atom. The summed E-state index contributed by atoms with van der Waals surface area (Å²) < 4.78 is 9.99. The van der Waals surface area contributed by atoms with Crippen molar-refractivity contribution < 1.29 is 19.1 Å². The molecule has 2 aromatic heterocycles. The van der Waals surface area contributed by atoms with Crippen molar-refractivity contribution in [3.63, 3.8) is 0 Å². The Morgan fingerprint density at radius 3 is 2.43 bits per heavy atom. The number of nitrogens with two attached hydrogens (primary N) is 1. The molecule has 2 N–H and O–H groups in total. The number of anilines is 1. The monoisotopic (exact) mass is 352 g/mol. The fraction of sp³-hybridized carbons (Fsp3) is 0.267. The average molecular weight is 352 g/mol. The van der Waals surface area contributed by atoms with Crippen LogP contribution >= 0.6 is 22.7 Å². The number of ether oxygens (including phenoxy) is 2. The maximum atomic E-state index is 12.2. The van der Waals surface area contributed by atoms with Gasteiger partial charge in [-0.05, 0) is 25.3 Å². The van der Waals surface area contributed by atoms with E-state index in [0.717, 1.165) is 16.2 Å². The highest BCUT2D eigenvalue weighted by Gasteiger charge is 2.29. The lowest BCUT2D eigenvalue weighted by Crippen LogP contribution is -2.13. The van der Waals surface area contributed by atoms with Gasteiger partial charge in [-0.25, -0.2) is 14.6 Å². The minimum Gasteiger partial charge on any atom is -0.462 e. The third-order valence-corrected chi connectivity index (χ3v) is 4.46. The average Bonchev–Trinajstić information content (AvgIpc) is 3.12. The molecular weight excluding hydrogens is 336 g/mol. The van der Waals surface area contributed by atoms with Crippen molar-refractivity contribution >= 4 is 50.8 Å². The van der Waals surface area contributed by atoms with E-state index in [1.165, 1.54) is 11.3 Å². The van der Waals surface area contributed by atoms with E-state index in [-0.39, 0.29) is 29.3 Å². The van der Waals surface area contributed by atoms with E-state index in [4.69, 9.17) is 15.2 Å². The van der Waals surface area contributed by atoms with Gasteiger partial charge in [-0.2, -0.15) is 0 Å². The van der Waals surface area contributed by atoms with Crippen LogP contribution in [0.4, 0.5) is 10.0 Å². The first-order valence-electron chi connectivity index (χ1n) is 6.92. The maximum absolute atomic E-state index is 12.2. The summed E-state index contributed by atoms with van der Waals surface area (Å²) in [4.78, 5) is 29.5. The van der Waals surface area contributed by atoms with Crippen molar-refractivity contribution in [1.29, 1.82) is 0 Å². The topological polar surface area (TPSA) is 91.0 Å². The molecule has 23 heavy (non-hydrogen) atoms. The molecule has 2 rings (SSSR count). The molecule has 0 aromatic carbocycles. The number of carbonyl (C=O) groups is 2. The van der Waals surface area contributed by atoms with Crippen LogP contribution in [0.2, 0.25) is 0 Å². The van der Waals surface area contributed by atoms with E-state index >= 15 is 0 Å². The van der Waals surface area contributed by atoms with Crippen LogP contribution in [0, 0.1) is 0 Å². The van der Waals surface area contributed by atoms with Gasteiger partial charge in [0.15, 0.2) is 0 Å². The Morgan fingerprint density at radius 1 is 1.22 bits per heavy atom. The summed E-state index contributed by atoms with van der Waals surface area (Å²) in [5, 5.41) is 2.43. The molecule has 0 saturated carbocycles. The van der Waals surface area contributed by atoms with Gasteiger partial charge >= 0.3 is 11.9 Å². The van der Waals surface area contributed by atoms with Crippen molar-refractivity contribution in [1.82, 2.24) is 0 Å². The molecule has 0 aliphatic heterocycles.